The van der Waals surface area contributed by atoms with Crippen molar-refractivity contribution < 1.29 is 0 Å². The second-order valence-electron chi connectivity index (χ2n) is 3.61. The fourth-order valence-corrected chi connectivity index (χ4v) is 2.31. The van der Waals surface area contributed by atoms with Gasteiger partial charge in [-0.2, -0.15) is 0 Å². The smallest absolute Gasteiger partial charge is 0.0540 e. The average Bonchev–Trinajstić information content (AvgIpc) is 2.30. The summed E-state index contributed by atoms with van der Waals surface area (Å²) in [6.07, 6.45) is 1.87. The summed E-state index contributed by atoms with van der Waals surface area (Å²) in [4.78, 5) is 6.65. The molecule has 1 aromatic carbocycles. The SMILES string of the molecule is Cc1cccc(Sc2ccc(CN)nc2)c1. The molecule has 0 saturated heterocycles. The van der Waals surface area contributed by atoms with Gasteiger partial charge in [-0.15, -0.1) is 0 Å². The van der Waals surface area contributed by atoms with Crippen LogP contribution in [0.25, 0.3) is 0 Å². The summed E-state index contributed by atoms with van der Waals surface area (Å²) in [5.41, 5.74) is 7.70. The van der Waals surface area contributed by atoms with Crippen LogP contribution in [0.4, 0.5) is 0 Å². The van der Waals surface area contributed by atoms with E-state index >= 15 is 0 Å². The molecule has 0 bridgehead atoms. The summed E-state index contributed by atoms with van der Waals surface area (Å²) in [5.74, 6) is 0. The fourth-order valence-electron chi connectivity index (χ4n) is 1.41. The van der Waals surface area contributed by atoms with Crippen LogP contribution in [0, 0.1) is 6.92 Å². The fraction of sp³-hybridized carbons (Fsp3) is 0.154. The largest absolute Gasteiger partial charge is 0.325 e. The van der Waals surface area contributed by atoms with Crippen LogP contribution in [0.1, 0.15) is 11.3 Å². The van der Waals surface area contributed by atoms with E-state index in [1.54, 1.807) is 11.8 Å². The monoisotopic (exact) mass is 230 g/mol. The normalized spacial score (nSPS) is 10.4. The maximum atomic E-state index is 5.50. The first-order valence-electron chi connectivity index (χ1n) is 5.17. The topological polar surface area (TPSA) is 38.9 Å². The molecule has 2 nitrogen and oxygen atoms in total. The number of pyridine rings is 1. The Balaban J connectivity index is 2.14. The van der Waals surface area contributed by atoms with Crippen LogP contribution in [0.5, 0.6) is 0 Å². The van der Waals surface area contributed by atoms with Crippen molar-refractivity contribution in [3.8, 4) is 0 Å². The number of nitrogens with two attached hydrogens (primary N) is 1. The minimum absolute atomic E-state index is 0.495. The zero-order valence-electron chi connectivity index (χ0n) is 9.18. The molecule has 2 aromatic rings. The van der Waals surface area contributed by atoms with Crippen LogP contribution >= 0.6 is 11.8 Å². The van der Waals surface area contributed by atoms with Gasteiger partial charge in [-0.3, -0.25) is 4.98 Å². The van der Waals surface area contributed by atoms with Crippen molar-refractivity contribution in [3.05, 3.63) is 53.9 Å². The van der Waals surface area contributed by atoms with Gasteiger partial charge in [-0.1, -0.05) is 29.5 Å². The number of benzene rings is 1. The Hall–Kier alpha value is -1.32. The van der Waals surface area contributed by atoms with Crippen LogP contribution in [-0.4, -0.2) is 4.98 Å². The molecule has 2 rings (SSSR count). The molecule has 82 valence electrons. The number of hydrogen-bond acceptors (Lipinski definition) is 3. The lowest BCUT2D eigenvalue weighted by atomic mass is 10.2. The summed E-state index contributed by atoms with van der Waals surface area (Å²) in [6, 6.07) is 12.5. The Morgan fingerprint density at radius 1 is 1.19 bits per heavy atom. The predicted molar refractivity (Wildman–Crippen MR) is 67.4 cm³/mol. The third kappa shape index (κ3) is 2.84. The first kappa shape index (κ1) is 11.2. The van der Waals surface area contributed by atoms with Crippen molar-refractivity contribution in [3.63, 3.8) is 0 Å². The van der Waals surface area contributed by atoms with Crippen molar-refractivity contribution in [2.45, 2.75) is 23.3 Å². The number of hydrogen-bond donors (Lipinski definition) is 1. The highest BCUT2D eigenvalue weighted by atomic mass is 32.2. The van der Waals surface area contributed by atoms with Gasteiger partial charge in [-0.25, -0.2) is 0 Å². The number of rotatable bonds is 3. The molecule has 2 N–H and O–H groups in total. The lowest BCUT2D eigenvalue weighted by Gasteiger charge is -2.03. The van der Waals surface area contributed by atoms with Gasteiger partial charge in [0.15, 0.2) is 0 Å². The van der Waals surface area contributed by atoms with Crippen LogP contribution in [0.15, 0.2) is 52.4 Å². The molecule has 0 radical (unpaired) electrons. The first-order valence-corrected chi connectivity index (χ1v) is 5.99. The van der Waals surface area contributed by atoms with E-state index in [1.807, 2.05) is 12.3 Å². The van der Waals surface area contributed by atoms with E-state index in [2.05, 4.69) is 42.2 Å². The van der Waals surface area contributed by atoms with E-state index in [-0.39, 0.29) is 0 Å². The molecule has 0 unspecified atom stereocenters. The molecule has 0 aliphatic carbocycles. The van der Waals surface area contributed by atoms with E-state index in [4.69, 9.17) is 5.73 Å². The summed E-state index contributed by atoms with van der Waals surface area (Å²) in [7, 11) is 0. The number of aromatic nitrogens is 1. The van der Waals surface area contributed by atoms with Gasteiger partial charge in [0.2, 0.25) is 0 Å². The average molecular weight is 230 g/mol. The van der Waals surface area contributed by atoms with Crippen molar-refractivity contribution in [2.24, 2.45) is 5.73 Å². The summed E-state index contributed by atoms with van der Waals surface area (Å²) < 4.78 is 0. The van der Waals surface area contributed by atoms with Crippen LogP contribution in [0.2, 0.25) is 0 Å². The molecular formula is C13H14N2S. The Labute approximate surface area is 99.9 Å². The molecule has 0 atom stereocenters. The van der Waals surface area contributed by atoms with Gasteiger partial charge >= 0.3 is 0 Å². The van der Waals surface area contributed by atoms with E-state index < -0.39 is 0 Å². The molecule has 0 saturated carbocycles. The van der Waals surface area contributed by atoms with E-state index in [0.717, 1.165) is 10.6 Å². The molecule has 0 amide bonds. The molecule has 0 aliphatic rings. The number of nitrogens with zero attached hydrogens (tertiary/aromatic N) is 1. The Kier molecular flexibility index (Phi) is 3.59. The van der Waals surface area contributed by atoms with E-state index in [0.29, 0.717) is 6.54 Å². The Morgan fingerprint density at radius 2 is 2.06 bits per heavy atom. The second-order valence-corrected chi connectivity index (χ2v) is 4.75. The molecule has 0 spiro atoms. The molecular weight excluding hydrogens is 216 g/mol. The highest BCUT2D eigenvalue weighted by Crippen LogP contribution is 2.27. The maximum Gasteiger partial charge on any atom is 0.0540 e. The van der Waals surface area contributed by atoms with E-state index in [1.165, 1.54) is 10.5 Å². The van der Waals surface area contributed by atoms with Crippen LogP contribution < -0.4 is 5.73 Å². The van der Waals surface area contributed by atoms with Gasteiger partial charge in [0.25, 0.3) is 0 Å². The minimum atomic E-state index is 0.495. The Morgan fingerprint density at radius 3 is 2.69 bits per heavy atom. The summed E-state index contributed by atoms with van der Waals surface area (Å²) >= 11 is 1.72. The highest BCUT2D eigenvalue weighted by molar-refractivity contribution is 7.99. The number of aryl methyl sites for hydroxylation is 1. The van der Waals surface area contributed by atoms with Crippen molar-refractivity contribution in [1.29, 1.82) is 0 Å². The van der Waals surface area contributed by atoms with E-state index in [9.17, 15) is 0 Å². The zero-order chi connectivity index (χ0) is 11.4. The van der Waals surface area contributed by atoms with Gasteiger partial charge in [0.1, 0.15) is 0 Å². The first-order chi connectivity index (χ1) is 7.78. The molecule has 1 heterocycles. The molecule has 0 fully saturated rings. The van der Waals surface area contributed by atoms with Gasteiger partial charge in [0.05, 0.1) is 5.69 Å². The van der Waals surface area contributed by atoms with Crippen molar-refractivity contribution >= 4 is 11.8 Å². The third-order valence-electron chi connectivity index (χ3n) is 2.23. The predicted octanol–water partition coefficient (Wildman–Crippen LogP) is 3.00. The molecule has 1 aromatic heterocycles. The second kappa shape index (κ2) is 5.14. The van der Waals surface area contributed by atoms with Gasteiger partial charge in [-0.05, 0) is 31.2 Å². The maximum absolute atomic E-state index is 5.50. The zero-order valence-corrected chi connectivity index (χ0v) is 10.00. The minimum Gasteiger partial charge on any atom is -0.325 e. The van der Waals surface area contributed by atoms with Gasteiger partial charge in [0, 0.05) is 22.5 Å². The van der Waals surface area contributed by atoms with Gasteiger partial charge < -0.3 is 5.73 Å². The third-order valence-corrected chi connectivity index (χ3v) is 3.20. The molecule has 16 heavy (non-hydrogen) atoms. The molecule has 3 heteroatoms. The summed E-state index contributed by atoms with van der Waals surface area (Å²) in [5, 5.41) is 0. The van der Waals surface area contributed by atoms with Crippen molar-refractivity contribution in [2.75, 3.05) is 0 Å². The quantitative estimate of drug-likeness (QED) is 0.881. The highest BCUT2D eigenvalue weighted by Gasteiger charge is 1.98. The Bertz CT molecular complexity index is 466. The van der Waals surface area contributed by atoms with Crippen LogP contribution in [-0.2, 0) is 6.54 Å². The molecule has 0 aliphatic heterocycles. The standard InChI is InChI=1S/C13H14N2S/c1-10-3-2-4-12(7-10)16-13-6-5-11(8-14)15-9-13/h2-7,9H,8,14H2,1H3. The van der Waals surface area contributed by atoms with Crippen molar-refractivity contribution in [1.82, 2.24) is 4.98 Å². The summed E-state index contributed by atoms with van der Waals surface area (Å²) in [6.45, 7) is 2.59. The van der Waals surface area contributed by atoms with Crippen LogP contribution in [0.3, 0.4) is 0 Å². The lowest BCUT2D eigenvalue weighted by Crippen LogP contribution is -1.98. The lowest BCUT2D eigenvalue weighted by molar-refractivity contribution is 0.977.